The summed E-state index contributed by atoms with van der Waals surface area (Å²) in [5, 5.41) is 12.1. The molecule has 1 N–H and O–H groups in total. The minimum Gasteiger partial charge on any atom is -0.494 e. The van der Waals surface area contributed by atoms with E-state index in [-0.39, 0.29) is 11.4 Å². The Hall–Kier alpha value is -4.11. The first-order chi connectivity index (χ1) is 15.1. The fourth-order valence-corrected chi connectivity index (χ4v) is 2.75. The minimum absolute atomic E-state index is 0.0261. The summed E-state index contributed by atoms with van der Waals surface area (Å²) in [4.78, 5) is 12.5. The van der Waals surface area contributed by atoms with Crippen LogP contribution >= 0.6 is 0 Å². The van der Waals surface area contributed by atoms with Crippen LogP contribution < -0.4 is 14.8 Å². The zero-order valence-corrected chi connectivity index (χ0v) is 17.0. The van der Waals surface area contributed by atoms with Crippen LogP contribution in [0.2, 0.25) is 0 Å². The van der Waals surface area contributed by atoms with E-state index in [1.54, 1.807) is 60.7 Å². The van der Waals surface area contributed by atoms with Crippen LogP contribution in [0.15, 0.2) is 78.4 Å². The van der Waals surface area contributed by atoms with Gasteiger partial charge in [0.15, 0.2) is 0 Å². The van der Waals surface area contributed by atoms with Gasteiger partial charge < -0.3 is 14.8 Å². The van der Waals surface area contributed by atoms with E-state index in [0.29, 0.717) is 36.0 Å². The Morgan fingerprint density at radius 1 is 1.03 bits per heavy atom. The molecule has 0 bridgehead atoms. The van der Waals surface area contributed by atoms with Crippen LogP contribution in [0, 0.1) is 17.1 Å². The molecule has 0 fully saturated rings. The molecule has 3 aromatic rings. The van der Waals surface area contributed by atoms with Gasteiger partial charge in [-0.3, -0.25) is 4.79 Å². The molecule has 6 heteroatoms. The van der Waals surface area contributed by atoms with Crippen molar-refractivity contribution in [1.29, 1.82) is 5.26 Å². The highest BCUT2D eigenvalue weighted by Crippen LogP contribution is 2.19. The maximum Gasteiger partial charge on any atom is 0.266 e. The number of halogens is 1. The average Bonchev–Trinajstić information content (AvgIpc) is 2.78. The number of ether oxygens (including phenoxy) is 2. The maximum atomic E-state index is 13.0. The Balaban J connectivity index is 1.63. The number of amides is 1. The molecule has 1 amide bonds. The third kappa shape index (κ3) is 6.44. The molecule has 0 aromatic heterocycles. The highest BCUT2D eigenvalue weighted by Gasteiger charge is 2.10. The molecule has 0 heterocycles. The molecule has 0 spiro atoms. The molecule has 0 aliphatic rings. The van der Waals surface area contributed by atoms with Crippen LogP contribution in [-0.4, -0.2) is 12.5 Å². The second kappa shape index (κ2) is 10.6. The number of anilines is 1. The number of nitrogens with zero attached hydrogens (tertiary/aromatic N) is 1. The van der Waals surface area contributed by atoms with Gasteiger partial charge >= 0.3 is 0 Å². The summed E-state index contributed by atoms with van der Waals surface area (Å²) in [7, 11) is 0. The summed E-state index contributed by atoms with van der Waals surface area (Å²) in [5.41, 5.74) is 2.05. The number of carbonyl (C=O) groups excluding carboxylic acids is 1. The van der Waals surface area contributed by atoms with Gasteiger partial charge in [0.25, 0.3) is 5.91 Å². The van der Waals surface area contributed by atoms with Crippen molar-refractivity contribution in [3.8, 4) is 17.6 Å². The first-order valence-corrected chi connectivity index (χ1v) is 9.70. The standard InChI is InChI=1S/C25H21FN2O3/c1-2-30-24-5-3-4-22(15-24)28-25(29)20(16-27)14-18-8-12-23(13-9-18)31-17-19-6-10-21(26)11-7-19/h3-15H,2,17H2,1H3,(H,28,29)/b20-14-. The van der Waals surface area contributed by atoms with Crippen molar-refractivity contribution in [2.24, 2.45) is 0 Å². The number of hydrogen-bond acceptors (Lipinski definition) is 4. The Bertz CT molecular complexity index is 1100. The lowest BCUT2D eigenvalue weighted by molar-refractivity contribution is -0.112. The van der Waals surface area contributed by atoms with Gasteiger partial charge in [-0.15, -0.1) is 0 Å². The number of carbonyl (C=O) groups is 1. The first kappa shape index (κ1) is 21.6. The number of nitriles is 1. The van der Waals surface area contributed by atoms with Crippen LogP contribution in [0.4, 0.5) is 10.1 Å². The smallest absolute Gasteiger partial charge is 0.266 e. The first-order valence-electron chi connectivity index (χ1n) is 9.70. The number of rotatable bonds is 8. The van der Waals surface area contributed by atoms with Gasteiger partial charge in [0.2, 0.25) is 0 Å². The number of nitrogens with one attached hydrogen (secondary N) is 1. The second-order valence-corrected chi connectivity index (χ2v) is 6.57. The highest BCUT2D eigenvalue weighted by molar-refractivity contribution is 6.09. The van der Waals surface area contributed by atoms with Gasteiger partial charge in [0.05, 0.1) is 6.61 Å². The van der Waals surface area contributed by atoms with E-state index in [1.165, 1.54) is 18.2 Å². The molecule has 3 rings (SSSR count). The van der Waals surface area contributed by atoms with Gasteiger partial charge in [-0.2, -0.15) is 5.26 Å². The van der Waals surface area contributed by atoms with Crippen molar-refractivity contribution in [3.63, 3.8) is 0 Å². The molecule has 0 atom stereocenters. The van der Waals surface area contributed by atoms with E-state index in [1.807, 2.05) is 13.0 Å². The molecule has 156 valence electrons. The van der Waals surface area contributed by atoms with Crippen molar-refractivity contribution in [2.45, 2.75) is 13.5 Å². The van der Waals surface area contributed by atoms with E-state index in [9.17, 15) is 14.4 Å². The Morgan fingerprint density at radius 2 is 1.77 bits per heavy atom. The predicted octanol–water partition coefficient (Wildman–Crippen LogP) is 5.35. The Labute approximate surface area is 180 Å². The largest absolute Gasteiger partial charge is 0.494 e. The highest BCUT2D eigenvalue weighted by atomic mass is 19.1. The molecule has 0 saturated carbocycles. The molecular formula is C25H21FN2O3. The second-order valence-electron chi connectivity index (χ2n) is 6.57. The molecule has 31 heavy (non-hydrogen) atoms. The van der Waals surface area contributed by atoms with Crippen molar-refractivity contribution in [1.82, 2.24) is 0 Å². The molecule has 0 saturated heterocycles. The van der Waals surface area contributed by atoms with Crippen LogP contribution in [0.3, 0.4) is 0 Å². The molecule has 0 unspecified atom stereocenters. The Morgan fingerprint density at radius 3 is 2.45 bits per heavy atom. The van der Waals surface area contributed by atoms with Gasteiger partial charge in [-0.05, 0) is 60.5 Å². The fourth-order valence-electron chi connectivity index (χ4n) is 2.75. The molecule has 0 aliphatic heterocycles. The van der Waals surface area contributed by atoms with E-state index in [0.717, 1.165) is 5.56 Å². The van der Waals surface area contributed by atoms with Gasteiger partial charge in [0.1, 0.15) is 35.6 Å². The summed E-state index contributed by atoms with van der Waals surface area (Å²) in [6.45, 7) is 2.70. The molecule has 0 radical (unpaired) electrons. The lowest BCUT2D eigenvalue weighted by atomic mass is 10.1. The van der Waals surface area contributed by atoms with E-state index in [2.05, 4.69) is 5.32 Å². The maximum absolute atomic E-state index is 13.0. The third-order valence-corrected chi connectivity index (χ3v) is 4.28. The van der Waals surface area contributed by atoms with Crippen molar-refractivity contribution in [2.75, 3.05) is 11.9 Å². The third-order valence-electron chi connectivity index (χ3n) is 4.28. The lowest BCUT2D eigenvalue weighted by Crippen LogP contribution is -2.13. The summed E-state index contributed by atoms with van der Waals surface area (Å²) in [5.74, 6) is 0.461. The van der Waals surface area contributed by atoms with E-state index >= 15 is 0 Å². The van der Waals surface area contributed by atoms with Gasteiger partial charge in [0, 0.05) is 11.8 Å². The lowest BCUT2D eigenvalue weighted by Gasteiger charge is -2.08. The van der Waals surface area contributed by atoms with Crippen molar-refractivity contribution < 1.29 is 18.7 Å². The zero-order valence-electron chi connectivity index (χ0n) is 17.0. The quantitative estimate of drug-likeness (QED) is 0.397. The minimum atomic E-state index is -0.507. The SMILES string of the molecule is CCOc1cccc(NC(=O)/C(C#N)=C\c2ccc(OCc3ccc(F)cc3)cc2)c1. The van der Waals surface area contributed by atoms with Crippen LogP contribution in [0.25, 0.3) is 6.08 Å². The molecule has 0 aliphatic carbocycles. The fraction of sp³-hybridized carbons (Fsp3) is 0.120. The Kier molecular flexibility index (Phi) is 7.39. The normalized spacial score (nSPS) is 10.8. The summed E-state index contributed by atoms with van der Waals surface area (Å²) >= 11 is 0. The van der Waals surface area contributed by atoms with Crippen LogP contribution in [0.1, 0.15) is 18.1 Å². The molecular weight excluding hydrogens is 395 g/mol. The average molecular weight is 416 g/mol. The predicted molar refractivity (Wildman–Crippen MR) is 117 cm³/mol. The number of hydrogen-bond donors (Lipinski definition) is 1. The monoisotopic (exact) mass is 416 g/mol. The molecule has 3 aromatic carbocycles. The summed E-state index contributed by atoms with van der Waals surface area (Å²) in [6.07, 6.45) is 1.51. The van der Waals surface area contributed by atoms with Crippen molar-refractivity contribution in [3.05, 3.63) is 95.3 Å². The summed E-state index contributed by atoms with van der Waals surface area (Å²) < 4.78 is 24.0. The van der Waals surface area contributed by atoms with Crippen LogP contribution in [0.5, 0.6) is 11.5 Å². The van der Waals surface area contributed by atoms with E-state index < -0.39 is 5.91 Å². The van der Waals surface area contributed by atoms with E-state index in [4.69, 9.17) is 9.47 Å². The summed E-state index contributed by atoms with van der Waals surface area (Å²) in [6, 6.07) is 22.0. The van der Waals surface area contributed by atoms with Crippen LogP contribution in [-0.2, 0) is 11.4 Å². The molecule has 5 nitrogen and oxygen atoms in total. The van der Waals surface area contributed by atoms with Gasteiger partial charge in [-0.1, -0.05) is 30.3 Å². The number of benzene rings is 3. The van der Waals surface area contributed by atoms with Crippen molar-refractivity contribution >= 4 is 17.7 Å². The van der Waals surface area contributed by atoms with Gasteiger partial charge in [-0.25, -0.2) is 4.39 Å². The zero-order chi connectivity index (χ0) is 22.1. The topological polar surface area (TPSA) is 71.3 Å².